The van der Waals surface area contributed by atoms with Crippen LogP contribution in [0.25, 0.3) is 11.0 Å². The molecule has 7 nitrogen and oxygen atoms in total. The average molecular weight is 493 g/mol. The lowest BCUT2D eigenvalue weighted by Crippen LogP contribution is -2.16. The van der Waals surface area contributed by atoms with E-state index in [0.29, 0.717) is 11.3 Å². The third kappa shape index (κ3) is 5.22. The third-order valence-electron chi connectivity index (χ3n) is 4.54. The number of fused-ring (bicyclic) bond motifs is 1. The topological polar surface area (TPSA) is 101 Å². The van der Waals surface area contributed by atoms with Crippen LogP contribution in [0.3, 0.4) is 0 Å². The molecule has 0 aliphatic carbocycles. The summed E-state index contributed by atoms with van der Waals surface area (Å²) in [5.41, 5.74) is 4.80. The predicted molar refractivity (Wildman–Crippen MR) is 123 cm³/mol. The van der Waals surface area contributed by atoms with Gasteiger partial charge in [-0.25, -0.2) is 10.2 Å². The molecule has 0 saturated carbocycles. The number of hydrazone groups is 1. The summed E-state index contributed by atoms with van der Waals surface area (Å²) in [5, 5.41) is 13.8. The quantitative estimate of drug-likeness (QED) is 0.271. The zero-order valence-corrected chi connectivity index (χ0v) is 18.2. The normalized spacial score (nSPS) is 11.0. The highest BCUT2D eigenvalue weighted by Crippen LogP contribution is 2.23. The molecule has 0 fully saturated rings. The van der Waals surface area contributed by atoms with Gasteiger partial charge in [-0.15, -0.1) is 0 Å². The molecule has 1 amide bonds. The molecule has 0 aliphatic rings. The van der Waals surface area contributed by atoms with E-state index in [1.807, 2.05) is 12.1 Å². The number of amides is 1. The molecule has 32 heavy (non-hydrogen) atoms. The van der Waals surface area contributed by atoms with E-state index < -0.39 is 11.9 Å². The number of halogens is 1. The van der Waals surface area contributed by atoms with Crippen LogP contribution in [-0.4, -0.2) is 23.2 Å². The second-order valence-electron chi connectivity index (χ2n) is 6.86. The maximum Gasteiger partial charge on any atom is 0.335 e. The molecule has 0 unspecified atom stereocenters. The van der Waals surface area contributed by atoms with Crippen molar-refractivity contribution in [1.29, 1.82) is 0 Å². The number of benzene rings is 3. The first kappa shape index (κ1) is 21.3. The average Bonchev–Trinajstić information content (AvgIpc) is 3.22. The molecular formula is C24H17BrN2O5. The van der Waals surface area contributed by atoms with Crippen LogP contribution in [0.4, 0.5) is 0 Å². The van der Waals surface area contributed by atoms with Crippen LogP contribution < -0.4 is 10.2 Å². The van der Waals surface area contributed by atoms with Crippen LogP contribution in [0.5, 0.6) is 5.75 Å². The number of carbonyl (C=O) groups is 2. The summed E-state index contributed by atoms with van der Waals surface area (Å²) in [4.78, 5) is 23.3. The number of nitrogens with zero attached hydrogens (tertiary/aromatic N) is 1. The zero-order chi connectivity index (χ0) is 22.5. The van der Waals surface area contributed by atoms with Crippen molar-refractivity contribution in [3.05, 3.63) is 99.7 Å². The first-order valence-corrected chi connectivity index (χ1v) is 10.3. The maximum atomic E-state index is 12.2. The minimum absolute atomic E-state index is 0.172. The number of carbonyl (C=O) groups excluding carboxylic acids is 1. The molecule has 4 rings (SSSR count). The molecular weight excluding hydrogens is 476 g/mol. The summed E-state index contributed by atoms with van der Waals surface area (Å²) < 4.78 is 12.1. The van der Waals surface area contributed by atoms with Gasteiger partial charge in [0.25, 0.3) is 0 Å². The Morgan fingerprint density at radius 3 is 2.66 bits per heavy atom. The van der Waals surface area contributed by atoms with Crippen LogP contribution in [0.2, 0.25) is 0 Å². The van der Waals surface area contributed by atoms with E-state index in [9.17, 15) is 9.59 Å². The van der Waals surface area contributed by atoms with Crippen LogP contribution in [0.15, 0.2) is 86.8 Å². The van der Waals surface area contributed by atoms with Crippen LogP contribution in [0, 0.1) is 0 Å². The van der Waals surface area contributed by atoms with Crippen molar-refractivity contribution in [3.63, 3.8) is 0 Å². The zero-order valence-electron chi connectivity index (χ0n) is 16.6. The minimum Gasteiger partial charge on any atom is -0.489 e. The van der Waals surface area contributed by atoms with Gasteiger partial charge in [0, 0.05) is 9.86 Å². The number of hydrogen-bond donors (Lipinski definition) is 2. The van der Waals surface area contributed by atoms with Crippen LogP contribution in [0.1, 0.15) is 32.0 Å². The number of hydrogen-bond acceptors (Lipinski definition) is 5. The number of ether oxygens (including phenoxy) is 1. The maximum absolute atomic E-state index is 12.2. The number of aromatic carboxylic acids is 1. The number of carboxylic acid groups (broad SMARTS) is 1. The van der Waals surface area contributed by atoms with Gasteiger partial charge in [-0.2, -0.15) is 5.10 Å². The standard InChI is InChI=1S/C24H17BrN2O5/c25-19-6-9-21-18(11-19)12-22(32-21)23(28)27-26-13-15-4-7-20(8-5-15)31-14-16-2-1-3-17(10-16)24(29)30/h1-13H,14H2,(H,27,28)(H,29,30)/b26-13+. The van der Waals surface area contributed by atoms with Gasteiger partial charge in [0.15, 0.2) is 5.76 Å². The molecule has 0 radical (unpaired) electrons. The smallest absolute Gasteiger partial charge is 0.335 e. The molecule has 160 valence electrons. The lowest BCUT2D eigenvalue weighted by atomic mass is 10.1. The number of carboxylic acids is 1. The Labute approximate surface area is 191 Å². The highest BCUT2D eigenvalue weighted by Gasteiger charge is 2.11. The van der Waals surface area contributed by atoms with Crippen molar-refractivity contribution in [3.8, 4) is 5.75 Å². The van der Waals surface area contributed by atoms with Crippen molar-refractivity contribution >= 4 is 45.0 Å². The van der Waals surface area contributed by atoms with Crippen LogP contribution in [-0.2, 0) is 6.61 Å². The first-order chi connectivity index (χ1) is 15.5. The van der Waals surface area contributed by atoms with E-state index >= 15 is 0 Å². The van der Waals surface area contributed by atoms with Gasteiger partial charge in [0.2, 0.25) is 0 Å². The van der Waals surface area contributed by atoms with E-state index in [-0.39, 0.29) is 17.9 Å². The molecule has 0 spiro atoms. The van der Waals surface area contributed by atoms with E-state index in [2.05, 4.69) is 26.5 Å². The molecule has 0 atom stereocenters. The van der Waals surface area contributed by atoms with Gasteiger partial charge in [-0.05, 0) is 71.8 Å². The monoisotopic (exact) mass is 492 g/mol. The van der Waals surface area contributed by atoms with E-state index in [1.165, 1.54) is 12.3 Å². The fourth-order valence-corrected chi connectivity index (χ4v) is 3.34. The molecule has 2 N–H and O–H groups in total. The molecule has 0 aliphatic heterocycles. The minimum atomic E-state index is -0.976. The lowest BCUT2D eigenvalue weighted by molar-refractivity contribution is 0.0696. The summed E-state index contributed by atoms with van der Waals surface area (Å²) in [6, 6.07) is 20.8. The van der Waals surface area contributed by atoms with Gasteiger partial charge in [-0.1, -0.05) is 28.1 Å². The first-order valence-electron chi connectivity index (χ1n) is 9.55. The molecule has 3 aromatic carbocycles. The van der Waals surface area contributed by atoms with Crippen molar-refractivity contribution in [2.24, 2.45) is 5.10 Å². The molecule has 0 saturated heterocycles. The highest BCUT2D eigenvalue weighted by atomic mass is 79.9. The fourth-order valence-electron chi connectivity index (χ4n) is 2.96. The largest absolute Gasteiger partial charge is 0.489 e. The number of furan rings is 1. The second kappa shape index (κ2) is 9.49. The van der Waals surface area contributed by atoms with E-state index in [1.54, 1.807) is 54.6 Å². The van der Waals surface area contributed by atoms with Crippen molar-refractivity contribution in [2.45, 2.75) is 6.61 Å². The van der Waals surface area contributed by atoms with Gasteiger partial charge in [0.1, 0.15) is 17.9 Å². The fraction of sp³-hybridized carbons (Fsp3) is 0.0417. The Morgan fingerprint density at radius 1 is 1.06 bits per heavy atom. The summed E-state index contributed by atoms with van der Waals surface area (Å²) >= 11 is 3.39. The molecule has 8 heteroatoms. The Hall–Kier alpha value is -3.91. The summed E-state index contributed by atoms with van der Waals surface area (Å²) in [7, 11) is 0. The molecule has 4 aromatic rings. The molecule has 1 aromatic heterocycles. The SMILES string of the molecule is O=C(O)c1cccc(COc2ccc(/C=N/NC(=O)c3cc4cc(Br)ccc4o3)cc2)c1. The number of rotatable bonds is 7. The van der Waals surface area contributed by atoms with Crippen molar-refractivity contribution < 1.29 is 23.8 Å². The summed E-state index contributed by atoms with van der Waals surface area (Å²) in [6.45, 7) is 0.249. The van der Waals surface area contributed by atoms with Gasteiger partial charge < -0.3 is 14.3 Å². The van der Waals surface area contributed by atoms with E-state index in [4.69, 9.17) is 14.3 Å². The number of nitrogens with one attached hydrogen (secondary N) is 1. The van der Waals surface area contributed by atoms with Crippen molar-refractivity contribution in [2.75, 3.05) is 0 Å². The van der Waals surface area contributed by atoms with E-state index in [0.717, 1.165) is 21.0 Å². The Bertz CT molecular complexity index is 1310. The van der Waals surface area contributed by atoms with Crippen LogP contribution >= 0.6 is 15.9 Å². The Morgan fingerprint density at radius 2 is 1.88 bits per heavy atom. The predicted octanol–water partition coefficient (Wildman–Crippen LogP) is 5.24. The van der Waals surface area contributed by atoms with Gasteiger partial charge in [-0.3, -0.25) is 4.79 Å². The van der Waals surface area contributed by atoms with Crippen molar-refractivity contribution in [1.82, 2.24) is 5.43 Å². The van der Waals surface area contributed by atoms with Gasteiger partial charge in [0.05, 0.1) is 11.8 Å². The third-order valence-corrected chi connectivity index (χ3v) is 5.03. The Kier molecular flexibility index (Phi) is 6.32. The highest BCUT2D eigenvalue weighted by molar-refractivity contribution is 9.10. The molecule has 0 bridgehead atoms. The molecule has 1 heterocycles. The Balaban J connectivity index is 1.32. The summed E-state index contributed by atoms with van der Waals surface area (Å²) in [5.74, 6) is -0.626. The van der Waals surface area contributed by atoms with Gasteiger partial charge >= 0.3 is 11.9 Å². The lowest BCUT2D eigenvalue weighted by Gasteiger charge is -2.07. The summed E-state index contributed by atoms with van der Waals surface area (Å²) in [6.07, 6.45) is 1.51. The second-order valence-corrected chi connectivity index (χ2v) is 7.77.